The van der Waals surface area contributed by atoms with E-state index in [9.17, 15) is 4.79 Å². The van der Waals surface area contributed by atoms with Crippen LogP contribution in [0.3, 0.4) is 0 Å². The largest absolute Gasteiger partial charge is 0.337 e. The van der Waals surface area contributed by atoms with Crippen molar-refractivity contribution in [1.82, 2.24) is 10.2 Å². The maximum Gasteiger partial charge on any atom is 0.239 e. The van der Waals surface area contributed by atoms with Crippen molar-refractivity contribution in [1.29, 1.82) is 0 Å². The Morgan fingerprint density at radius 3 is 2.81 bits per heavy atom. The molecule has 1 heterocycles. The smallest absolute Gasteiger partial charge is 0.239 e. The number of nitrogens with zero attached hydrogens (tertiary/aromatic N) is 1. The molecule has 1 amide bonds. The summed E-state index contributed by atoms with van der Waals surface area (Å²) in [5, 5.41) is 3.81. The molecule has 3 nitrogen and oxygen atoms in total. The summed E-state index contributed by atoms with van der Waals surface area (Å²) in [7, 11) is 1.90. The molecule has 92 valence electrons. The fourth-order valence-corrected chi connectivity index (χ4v) is 4.03. The molecule has 1 saturated carbocycles. The molecule has 4 heteroatoms. The van der Waals surface area contributed by atoms with Gasteiger partial charge in [-0.3, -0.25) is 4.79 Å². The Bertz CT molecular complexity index is 259. The maximum atomic E-state index is 12.3. The number of hydrogen-bond acceptors (Lipinski definition) is 3. The molecule has 1 aliphatic heterocycles. The number of amides is 1. The summed E-state index contributed by atoms with van der Waals surface area (Å²) in [4.78, 5) is 14.4. The Hall–Kier alpha value is -0.220. The van der Waals surface area contributed by atoms with Gasteiger partial charge in [0.05, 0.1) is 6.04 Å². The average molecular weight is 242 g/mol. The lowest BCUT2D eigenvalue weighted by Gasteiger charge is -2.38. The predicted molar refractivity (Wildman–Crippen MR) is 68.7 cm³/mol. The van der Waals surface area contributed by atoms with Gasteiger partial charge in [-0.15, -0.1) is 0 Å². The van der Waals surface area contributed by atoms with Crippen LogP contribution >= 0.6 is 11.8 Å². The first kappa shape index (κ1) is 12.2. The summed E-state index contributed by atoms with van der Waals surface area (Å²) in [6.07, 6.45) is 8.09. The highest BCUT2D eigenvalue weighted by Gasteiger charge is 2.38. The highest BCUT2D eigenvalue weighted by molar-refractivity contribution is 7.99. The first-order valence-corrected chi connectivity index (χ1v) is 7.57. The summed E-state index contributed by atoms with van der Waals surface area (Å²) in [5.41, 5.74) is 0. The molecule has 0 spiro atoms. The van der Waals surface area contributed by atoms with Crippen LogP contribution in [0.25, 0.3) is 0 Å². The van der Waals surface area contributed by atoms with Gasteiger partial charge in [0, 0.05) is 17.8 Å². The van der Waals surface area contributed by atoms with Gasteiger partial charge in [0.1, 0.15) is 0 Å². The first-order valence-electron chi connectivity index (χ1n) is 6.28. The Morgan fingerprint density at radius 2 is 2.12 bits per heavy atom. The van der Waals surface area contributed by atoms with Gasteiger partial charge in [-0.05, 0) is 39.0 Å². The normalized spacial score (nSPS) is 35.8. The van der Waals surface area contributed by atoms with Crippen molar-refractivity contribution in [2.24, 2.45) is 0 Å². The molecule has 0 aromatic carbocycles. The van der Waals surface area contributed by atoms with E-state index in [1.165, 1.54) is 19.3 Å². The molecule has 1 saturated heterocycles. The third-order valence-corrected chi connectivity index (χ3v) is 5.10. The minimum absolute atomic E-state index is 0.0665. The van der Waals surface area contributed by atoms with E-state index in [1.807, 2.05) is 18.8 Å². The molecule has 1 aliphatic carbocycles. The van der Waals surface area contributed by atoms with Crippen molar-refractivity contribution in [3.8, 4) is 0 Å². The van der Waals surface area contributed by atoms with Crippen LogP contribution in [0.2, 0.25) is 0 Å². The van der Waals surface area contributed by atoms with E-state index < -0.39 is 0 Å². The lowest BCUT2D eigenvalue weighted by atomic mass is 10.0. The number of thioether (sulfide) groups is 1. The first-order chi connectivity index (χ1) is 7.77. The van der Waals surface area contributed by atoms with Crippen molar-refractivity contribution in [2.45, 2.75) is 49.4 Å². The van der Waals surface area contributed by atoms with Crippen molar-refractivity contribution in [3.05, 3.63) is 0 Å². The van der Waals surface area contributed by atoms with Crippen LogP contribution < -0.4 is 5.32 Å². The number of piperidine rings is 1. The van der Waals surface area contributed by atoms with Gasteiger partial charge in [0.25, 0.3) is 0 Å². The molecule has 3 unspecified atom stereocenters. The van der Waals surface area contributed by atoms with Crippen LogP contribution in [0.5, 0.6) is 0 Å². The van der Waals surface area contributed by atoms with Crippen LogP contribution in [0.4, 0.5) is 0 Å². The van der Waals surface area contributed by atoms with Gasteiger partial charge >= 0.3 is 0 Å². The standard InChI is InChI=1S/C12H22N2OS/c1-13-9-5-4-8-14(12(9)15)10-6-3-7-11(10)16-2/h9-11,13H,3-8H2,1-2H3. The number of carbonyl (C=O) groups is 1. The van der Waals surface area contributed by atoms with Crippen molar-refractivity contribution < 1.29 is 4.79 Å². The van der Waals surface area contributed by atoms with Gasteiger partial charge in [0.2, 0.25) is 5.91 Å². The Morgan fingerprint density at radius 1 is 1.31 bits per heavy atom. The fourth-order valence-electron chi connectivity index (χ4n) is 3.03. The van der Waals surface area contributed by atoms with E-state index in [0.29, 0.717) is 17.2 Å². The summed E-state index contributed by atoms with van der Waals surface area (Å²) < 4.78 is 0. The number of likely N-dealkylation sites (N-methyl/N-ethyl adjacent to an activating group) is 1. The SMILES string of the molecule is CNC1CCCN(C2CCCC2SC)C1=O. The molecule has 0 bridgehead atoms. The van der Waals surface area contributed by atoms with Gasteiger partial charge in [-0.25, -0.2) is 0 Å². The summed E-state index contributed by atoms with van der Waals surface area (Å²) in [6.45, 7) is 0.971. The Balaban J connectivity index is 2.04. The quantitative estimate of drug-likeness (QED) is 0.813. The van der Waals surface area contributed by atoms with Gasteiger partial charge < -0.3 is 10.2 Å². The van der Waals surface area contributed by atoms with Crippen LogP contribution in [-0.4, -0.2) is 48.0 Å². The summed E-state index contributed by atoms with van der Waals surface area (Å²) in [6, 6.07) is 0.565. The fraction of sp³-hybridized carbons (Fsp3) is 0.917. The molecular formula is C12H22N2OS. The summed E-state index contributed by atoms with van der Waals surface area (Å²) in [5.74, 6) is 0.333. The highest BCUT2D eigenvalue weighted by atomic mass is 32.2. The number of rotatable bonds is 3. The average Bonchev–Trinajstić information content (AvgIpc) is 2.77. The van der Waals surface area contributed by atoms with Crippen molar-refractivity contribution in [3.63, 3.8) is 0 Å². The van der Waals surface area contributed by atoms with Crippen LogP contribution in [0, 0.1) is 0 Å². The Labute approximate surface area is 102 Å². The maximum absolute atomic E-state index is 12.3. The Kier molecular flexibility index (Phi) is 4.14. The molecule has 16 heavy (non-hydrogen) atoms. The molecule has 2 fully saturated rings. The topological polar surface area (TPSA) is 32.3 Å². The zero-order valence-corrected chi connectivity index (χ0v) is 11.1. The minimum Gasteiger partial charge on any atom is -0.337 e. The van der Waals surface area contributed by atoms with Crippen molar-refractivity contribution >= 4 is 17.7 Å². The zero-order valence-electron chi connectivity index (χ0n) is 10.2. The van der Waals surface area contributed by atoms with Crippen molar-refractivity contribution in [2.75, 3.05) is 19.8 Å². The minimum atomic E-state index is 0.0665. The number of carbonyl (C=O) groups excluding carboxylic acids is 1. The van der Waals surface area contributed by atoms with Gasteiger partial charge in [-0.1, -0.05) is 6.42 Å². The number of likely N-dealkylation sites (tertiary alicyclic amines) is 1. The van der Waals surface area contributed by atoms with Crippen LogP contribution in [-0.2, 0) is 4.79 Å². The molecule has 1 N–H and O–H groups in total. The molecule has 0 aromatic heterocycles. The van der Waals surface area contributed by atoms with E-state index in [0.717, 1.165) is 19.4 Å². The zero-order chi connectivity index (χ0) is 11.5. The van der Waals surface area contributed by atoms with Gasteiger partial charge in [-0.2, -0.15) is 11.8 Å². The molecule has 2 aliphatic rings. The second-order valence-corrected chi connectivity index (χ2v) is 5.86. The van der Waals surface area contributed by atoms with Gasteiger partial charge in [0.15, 0.2) is 0 Å². The van der Waals surface area contributed by atoms with E-state index in [2.05, 4.69) is 16.5 Å². The van der Waals surface area contributed by atoms with E-state index >= 15 is 0 Å². The molecule has 3 atom stereocenters. The second-order valence-electron chi connectivity index (χ2n) is 4.79. The van der Waals surface area contributed by atoms with Crippen LogP contribution in [0.1, 0.15) is 32.1 Å². The summed E-state index contributed by atoms with van der Waals surface area (Å²) >= 11 is 1.93. The molecule has 0 aromatic rings. The van der Waals surface area contributed by atoms with E-state index in [4.69, 9.17) is 0 Å². The third kappa shape index (κ3) is 2.23. The van der Waals surface area contributed by atoms with Crippen LogP contribution in [0.15, 0.2) is 0 Å². The highest BCUT2D eigenvalue weighted by Crippen LogP contribution is 2.33. The molecular weight excluding hydrogens is 220 g/mol. The second kappa shape index (κ2) is 5.41. The number of nitrogens with one attached hydrogen (secondary N) is 1. The van der Waals surface area contributed by atoms with E-state index in [-0.39, 0.29) is 6.04 Å². The third-order valence-electron chi connectivity index (χ3n) is 3.94. The lowest BCUT2D eigenvalue weighted by Crippen LogP contribution is -2.54. The molecule has 2 rings (SSSR count). The molecule has 0 radical (unpaired) electrons. The van der Waals surface area contributed by atoms with E-state index in [1.54, 1.807) is 0 Å². The predicted octanol–water partition coefficient (Wildman–Crippen LogP) is 1.48. The number of hydrogen-bond donors (Lipinski definition) is 1. The lowest BCUT2D eigenvalue weighted by molar-refractivity contribution is -0.138. The monoisotopic (exact) mass is 242 g/mol.